The molecule has 3 heteroatoms. The Kier molecular flexibility index (Phi) is 3.68. The number of hydrogen-bond donors (Lipinski definition) is 1. The Morgan fingerprint density at radius 1 is 1.05 bits per heavy atom. The number of halogens is 1. The van der Waals surface area contributed by atoms with E-state index >= 15 is 0 Å². The average molecular weight is 288 g/mol. The van der Waals surface area contributed by atoms with E-state index in [4.69, 9.17) is 22.1 Å². The van der Waals surface area contributed by atoms with E-state index in [9.17, 15) is 0 Å². The van der Waals surface area contributed by atoms with Gasteiger partial charge in [0.2, 0.25) is 0 Å². The van der Waals surface area contributed by atoms with E-state index in [0.717, 1.165) is 30.6 Å². The van der Waals surface area contributed by atoms with Crippen LogP contribution in [0.25, 0.3) is 0 Å². The van der Waals surface area contributed by atoms with E-state index in [-0.39, 0.29) is 5.54 Å². The van der Waals surface area contributed by atoms with Crippen molar-refractivity contribution in [2.24, 2.45) is 5.73 Å². The second-order valence-electron chi connectivity index (χ2n) is 5.58. The van der Waals surface area contributed by atoms with Crippen molar-refractivity contribution in [1.29, 1.82) is 0 Å². The molecule has 3 rings (SSSR count). The SMILES string of the molecule is NC1(Cc2ccc(OCc3ccccc3)c(Cl)c2)CC1. The number of hydrogen-bond acceptors (Lipinski definition) is 2. The van der Waals surface area contributed by atoms with Gasteiger partial charge in [0, 0.05) is 5.54 Å². The van der Waals surface area contributed by atoms with Gasteiger partial charge in [0.25, 0.3) is 0 Å². The van der Waals surface area contributed by atoms with Crippen LogP contribution in [0, 0.1) is 0 Å². The van der Waals surface area contributed by atoms with Crippen LogP contribution in [0.5, 0.6) is 5.75 Å². The molecule has 0 saturated heterocycles. The third kappa shape index (κ3) is 3.33. The van der Waals surface area contributed by atoms with Crippen LogP contribution in [0.4, 0.5) is 0 Å². The molecular formula is C17H18ClNO. The topological polar surface area (TPSA) is 35.2 Å². The Bertz CT molecular complexity index is 593. The first kappa shape index (κ1) is 13.5. The summed E-state index contributed by atoms with van der Waals surface area (Å²) in [4.78, 5) is 0. The molecule has 2 nitrogen and oxygen atoms in total. The van der Waals surface area contributed by atoms with Crippen LogP contribution in [-0.4, -0.2) is 5.54 Å². The fourth-order valence-electron chi connectivity index (χ4n) is 2.25. The van der Waals surface area contributed by atoms with E-state index in [0.29, 0.717) is 11.6 Å². The zero-order valence-corrected chi connectivity index (χ0v) is 12.1. The minimum absolute atomic E-state index is 0.00966. The van der Waals surface area contributed by atoms with E-state index in [1.54, 1.807) is 0 Å². The maximum Gasteiger partial charge on any atom is 0.138 e. The molecule has 1 fully saturated rings. The summed E-state index contributed by atoms with van der Waals surface area (Å²) in [7, 11) is 0. The summed E-state index contributed by atoms with van der Waals surface area (Å²) < 4.78 is 5.76. The molecular weight excluding hydrogens is 270 g/mol. The summed E-state index contributed by atoms with van der Waals surface area (Å²) in [5, 5.41) is 0.655. The molecule has 0 radical (unpaired) electrons. The molecule has 0 heterocycles. The number of rotatable bonds is 5. The van der Waals surface area contributed by atoms with Crippen molar-refractivity contribution in [2.75, 3.05) is 0 Å². The molecule has 0 spiro atoms. The lowest BCUT2D eigenvalue weighted by molar-refractivity contribution is 0.306. The van der Waals surface area contributed by atoms with E-state index in [1.165, 1.54) is 5.56 Å². The third-order valence-electron chi connectivity index (χ3n) is 3.68. The van der Waals surface area contributed by atoms with Crippen molar-refractivity contribution < 1.29 is 4.74 Å². The summed E-state index contributed by atoms with van der Waals surface area (Å²) in [5.74, 6) is 0.723. The van der Waals surface area contributed by atoms with Crippen LogP contribution < -0.4 is 10.5 Å². The summed E-state index contributed by atoms with van der Waals surface area (Å²) in [6, 6.07) is 16.0. The van der Waals surface area contributed by atoms with Crippen LogP contribution >= 0.6 is 11.6 Å². The first-order valence-electron chi connectivity index (χ1n) is 6.89. The zero-order valence-electron chi connectivity index (χ0n) is 11.3. The average Bonchev–Trinajstić information content (AvgIpc) is 3.16. The van der Waals surface area contributed by atoms with Gasteiger partial charge in [-0.1, -0.05) is 48.0 Å². The van der Waals surface area contributed by atoms with E-state index in [1.807, 2.05) is 42.5 Å². The Morgan fingerprint density at radius 2 is 1.80 bits per heavy atom. The molecule has 1 saturated carbocycles. The summed E-state index contributed by atoms with van der Waals surface area (Å²) in [6.07, 6.45) is 3.11. The molecule has 0 bridgehead atoms. The number of ether oxygens (including phenoxy) is 1. The highest BCUT2D eigenvalue weighted by Crippen LogP contribution is 2.37. The molecule has 104 valence electrons. The maximum atomic E-state index is 6.28. The second kappa shape index (κ2) is 5.47. The van der Waals surface area contributed by atoms with E-state index < -0.39 is 0 Å². The van der Waals surface area contributed by atoms with Crippen molar-refractivity contribution >= 4 is 11.6 Å². The molecule has 2 aromatic carbocycles. The second-order valence-corrected chi connectivity index (χ2v) is 5.99. The number of benzene rings is 2. The van der Waals surface area contributed by atoms with Gasteiger partial charge in [0.1, 0.15) is 12.4 Å². The van der Waals surface area contributed by atoms with E-state index in [2.05, 4.69) is 6.07 Å². The molecule has 1 aliphatic carbocycles. The fourth-order valence-corrected chi connectivity index (χ4v) is 2.51. The largest absolute Gasteiger partial charge is 0.487 e. The van der Waals surface area contributed by atoms with Crippen LogP contribution in [0.15, 0.2) is 48.5 Å². The molecule has 0 amide bonds. The normalized spacial score (nSPS) is 15.9. The minimum Gasteiger partial charge on any atom is -0.487 e. The maximum absolute atomic E-state index is 6.28. The van der Waals surface area contributed by atoms with Crippen LogP contribution in [-0.2, 0) is 13.0 Å². The predicted octanol–water partition coefficient (Wildman–Crippen LogP) is 3.95. The molecule has 0 aromatic heterocycles. The van der Waals surface area contributed by atoms with Gasteiger partial charge in [-0.3, -0.25) is 0 Å². The highest BCUT2D eigenvalue weighted by Gasteiger charge is 2.37. The first-order chi connectivity index (χ1) is 9.65. The van der Waals surface area contributed by atoms with Crippen molar-refractivity contribution in [3.63, 3.8) is 0 Å². The Hall–Kier alpha value is -1.51. The Morgan fingerprint density at radius 3 is 2.45 bits per heavy atom. The van der Waals surface area contributed by atoms with Crippen LogP contribution in [0.1, 0.15) is 24.0 Å². The van der Waals surface area contributed by atoms with Crippen molar-refractivity contribution in [3.8, 4) is 5.75 Å². The van der Waals surface area contributed by atoms with Gasteiger partial charge in [-0.05, 0) is 42.5 Å². The van der Waals surface area contributed by atoms with Gasteiger partial charge in [0.05, 0.1) is 5.02 Å². The summed E-state index contributed by atoms with van der Waals surface area (Å²) in [6.45, 7) is 0.529. The lowest BCUT2D eigenvalue weighted by atomic mass is 10.1. The first-order valence-corrected chi connectivity index (χ1v) is 7.26. The van der Waals surface area contributed by atoms with Gasteiger partial charge in [-0.15, -0.1) is 0 Å². The standard InChI is InChI=1S/C17H18ClNO/c18-15-10-14(11-17(19)8-9-17)6-7-16(15)20-12-13-4-2-1-3-5-13/h1-7,10H,8-9,11-12,19H2. The van der Waals surface area contributed by atoms with Gasteiger partial charge >= 0.3 is 0 Å². The predicted molar refractivity (Wildman–Crippen MR) is 82.1 cm³/mol. The lowest BCUT2D eigenvalue weighted by Crippen LogP contribution is -2.24. The third-order valence-corrected chi connectivity index (χ3v) is 3.98. The minimum atomic E-state index is 0.00966. The van der Waals surface area contributed by atoms with Crippen molar-refractivity contribution in [3.05, 3.63) is 64.7 Å². The molecule has 2 aromatic rings. The van der Waals surface area contributed by atoms with Gasteiger partial charge in [-0.25, -0.2) is 0 Å². The molecule has 0 unspecified atom stereocenters. The lowest BCUT2D eigenvalue weighted by Gasteiger charge is -2.12. The van der Waals surface area contributed by atoms with Crippen LogP contribution in [0.2, 0.25) is 5.02 Å². The Labute approximate surface area is 124 Å². The monoisotopic (exact) mass is 287 g/mol. The fraction of sp³-hybridized carbons (Fsp3) is 0.294. The van der Waals surface area contributed by atoms with Gasteiger partial charge < -0.3 is 10.5 Å². The zero-order chi connectivity index (χ0) is 14.0. The molecule has 1 aliphatic rings. The summed E-state index contributed by atoms with van der Waals surface area (Å²) in [5.41, 5.74) is 8.45. The van der Waals surface area contributed by atoms with Crippen molar-refractivity contribution in [1.82, 2.24) is 0 Å². The van der Waals surface area contributed by atoms with Gasteiger partial charge in [0.15, 0.2) is 0 Å². The van der Waals surface area contributed by atoms with Crippen molar-refractivity contribution in [2.45, 2.75) is 31.4 Å². The summed E-state index contributed by atoms with van der Waals surface area (Å²) >= 11 is 6.28. The number of nitrogens with two attached hydrogens (primary N) is 1. The quantitative estimate of drug-likeness (QED) is 0.903. The van der Waals surface area contributed by atoms with Crippen LogP contribution in [0.3, 0.4) is 0 Å². The molecule has 2 N–H and O–H groups in total. The smallest absolute Gasteiger partial charge is 0.138 e. The Balaban J connectivity index is 1.65. The highest BCUT2D eigenvalue weighted by atomic mass is 35.5. The van der Waals surface area contributed by atoms with Gasteiger partial charge in [-0.2, -0.15) is 0 Å². The molecule has 20 heavy (non-hydrogen) atoms. The highest BCUT2D eigenvalue weighted by molar-refractivity contribution is 6.32. The molecule has 0 atom stereocenters. The molecule has 0 aliphatic heterocycles.